The van der Waals surface area contributed by atoms with Crippen molar-refractivity contribution < 1.29 is 9.53 Å². The minimum Gasteiger partial charge on any atom is -0.443 e. The fourth-order valence-electron chi connectivity index (χ4n) is 1.29. The maximum atomic E-state index is 11.5. The first-order valence-corrected chi connectivity index (χ1v) is 4.79. The molecule has 0 spiro atoms. The van der Waals surface area contributed by atoms with E-state index >= 15 is 0 Å². The molecule has 1 aromatic rings. The van der Waals surface area contributed by atoms with E-state index in [0.29, 0.717) is 11.5 Å². The van der Waals surface area contributed by atoms with Crippen molar-refractivity contribution in [2.45, 2.75) is 19.1 Å². The molecule has 2 N–H and O–H groups in total. The Morgan fingerprint density at radius 3 is 2.47 bits per heavy atom. The fraction of sp³-hybridized carbons (Fsp3) is 0.364. The fourth-order valence-corrected chi connectivity index (χ4v) is 1.29. The zero-order chi connectivity index (χ0) is 9.97. The zero-order valence-electron chi connectivity index (χ0n) is 8.26. The van der Waals surface area contributed by atoms with E-state index in [0.717, 1.165) is 12.8 Å². The molecule has 1 fully saturated rings. The largest absolute Gasteiger partial charge is 0.443 e. The number of halogens is 1. The molecule has 0 aromatic heterocycles. The second kappa shape index (κ2) is 5.14. The average molecular weight is 228 g/mol. The summed E-state index contributed by atoms with van der Waals surface area (Å²) in [5, 5.41) is 0. The molecule has 1 unspecified atom stereocenters. The molecule has 1 atom stereocenters. The summed E-state index contributed by atoms with van der Waals surface area (Å²) in [4.78, 5) is 11.5. The normalized spacial score (nSPS) is 16.3. The van der Waals surface area contributed by atoms with E-state index in [4.69, 9.17) is 10.5 Å². The van der Waals surface area contributed by atoms with Gasteiger partial charge in [0.15, 0.2) is 6.23 Å². The third-order valence-corrected chi connectivity index (χ3v) is 2.34. The molecule has 0 heterocycles. The predicted molar refractivity (Wildman–Crippen MR) is 59.8 cm³/mol. The van der Waals surface area contributed by atoms with Gasteiger partial charge in [-0.1, -0.05) is 18.2 Å². The first-order valence-electron chi connectivity index (χ1n) is 4.79. The Morgan fingerprint density at radius 2 is 1.93 bits per heavy atom. The lowest BCUT2D eigenvalue weighted by molar-refractivity contribution is 0.0265. The van der Waals surface area contributed by atoms with E-state index in [-0.39, 0.29) is 18.4 Å². The van der Waals surface area contributed by atoms with Crippen LogP contribution >= 0.6 is 12.4 Å². The van der Waals surface area contributed by atoms with Crippen LogP contribution < -0.4 is 5.73 Å². The molecule has 1 aromatic carbocycles. The number of rotatable bonds is 3. The van der Waals surface area contributed by atoms with E-state index in [1.165, 1.54) is 0 Å². The maximum Gasteiger partial charge on any atom is 0.339 e. The molecule has 4 heteroatoms. The third kappa shape index (κ3) is 3.22. The molecular formula is C11H14ClNO2. The van der Waals surface area contributed by atoms with E-state index in [9.17, 15) is 4.79 Å². The highest BCUT2D eigenvalue weighted by Crippen LogP contribution is 2.32. The number of benzene rings is 1. The van der Waals surface area contributed by atoms with Gasteiger partial charge in [-0.2, -0.15) is 0 Å². The van der Waals surface area contributed by atoms with Gasteiger partial charge in [0.2, 0.25) is 0 Å². The highest BCUT2D eigenvalue weighted by atomic mass is 35.5. The van der Waals surface area contributed by atoms with E-state index < -0.39 is 6.23 Å². The van der Waals surface area contributed by atoms with Crippen molar-refractivity contribution in [2.75, 3.05) is 0 Å². The second-order valence-corrected chi connectivity index (χ2v) is 3.57. The molecule has 1 saturated carbocycles. The van der Waals surface area contributed by atoms with Crippen LogP contribution in [0.5, 0.6) is 0 Å². The number of hydrogen-bond donors (Lipinski definition) is 1. The number of hydrogen-bond acceptors (Lipinski definition) is 3. The Kier molecular flexibility index (Phi) is 4.12. The van der Waals surface area contributed by atoms with Crippen molar-refractivity contribution in [3.8, 4) is 0 Å². The highest BCUT2D eigenvalue weighted by Gasteiger charge is 2.31. The lowest BCUT2D eigenvalue weighted by atomic mass is 10.2. The van der Waals surface area contributed by atoms with E-state index in [1.54, 1.807) is 24.3 Å². The van der Waals surface area contributed by atoms with Gasteiger partial charge < -0.3 is 4.74 Å². The van der Waals surface area contributed by atoms with Crippen molar-refractivity contribution in [1.82, 2.24) is 0 Å². The van der Waals surface area contributed by atoms with Crippen LogP contribution in [0.4, 0.5) is 0 Å². The van der Waals surface area contributed by atoms with Gasteiger partial charge in [-0.15, -0.1) is 12.4 Å². The summed E-state index contributed by atoms with van der Waals surface area (Å²) in [7, 11) is 0. The molecular weight excluding hydrogens is 214 g/mol. The van der Waals surface area contributed by atoms with Gasteiger partial charge >= 0.3 is 5.97 Å². The molecule has 0 aliphatic heterocycles. The van der Waals surface area contributed by atoms with Gasteiger partial charge in [-0.3, -0.25) is 5.73 Å². The van der Waals surface area contributed by atoms with E-state index in [2.05, 4.69) is 0 Å². The van der Waals surface area contributed by atoms with Crippen LogP contribution in [-0.2, 0) is 4.74 Å². The maximum absolute atomic E-state index is 11.5. The van der Waals surface area contributed by atoms with Crippen LogP contribution in [0.3, 0.4) is 0 Å². The standard InChI is InChI=1S/C11H13NO2.ClH/c12-10(8-6-7-8)14-11(13)9-4-2-1-3-5-9;/h1-5,8,10H,6-7,12H2;1H. The molecule has 82 valence electrons. The summed E-state index contributed by atoms with van der Waals surface area (Å²) in [6.45, 7) is 0. The summed E-state index contributed by atoms with van der Waals surface area (Å²) in [5.74, 6) is 0.0488. The molecule has 0 saturated heterocycles. The van der Waals surface area contributed by atoms with Gasteiger partial charge in [0, 0.05) is 5.92 Å². The summed E-state index contributed by atoms with van der Waals surface area (Å²) in [5.41, 5.74) is 6.23. The molecule has 1 aliphatic rings. The number of nitrogens with two attached hydrogens (primary N) is 1. The first-order chi connectivity index (χ1) is 6.77. The average Bonchev–Trinajstić information content (AvgIpc) is 3.02. The number of carbonyl (C=O) groups excluding carboxylic acids is 1. The molecule has 1 aliphatic carbocycles. The van der Waals surface area contributed by atoms with Gasteiger partial charge in [-0.25, -0.2) is 4.79 Å². The van der Waals surface area contributed by atoms with Crippen LogP contribution in [0.25, 0.3) is 0 Å². The van der Waals surface area contributed by atoms with Crippen LogP contribution in [-0.4, -0.2) is 12.2 Å². The SMILES string of the molecule is Cl.NC(OC(=O)c1ccccc1)C1CC1. The lowest BCUT2D eigenvalue weighted by Gasteiger charge is -2.11. The van der Waals surface area contributed by atoms with Crippen molar-refractivity contribution in [1.29, 1.82) is 0 Å². The van der Waals surface area contributed by atoms with Crippen molar-refractivity contribution in [2.24, 2.45) is 11.7 Å². The van der Waals surface area contributed by atoms with Crippen LogP contribution in [0, 0.1) is 5.92 Å². The second-order valence-electron chi connectivity index (χ2n) is 3.57. The van der Waals surface area contributed by atoms with Gasteiger partial charge in [0.1, 0.15) is 0 Å². The van der Waals surface area contributed by atoms with Gasteiger partial charge in [0.05, 0.1) is 5.56 Å². The lowest BCUT2D eigenvalue weighted by Crippen LogP contribution is -2.29. The summed E-state index contributed by atoms with van der Waals surface area (Å²) < 4.78 is 5.10. The van der Waals surface area contributed by atoms with Gasteiger partial charge in [-0.05, 0) is 25.0 Å². The number of carbonyl (C=O) groups is 1. The Morgan fingerprint density at radius 1 is 1.33 bits per heavy atom. The topological polar surface area (TPSA) is 52.3 Å². The first kappa shape index (κ1) is 12.0. The number of esters is 1. The van der Waals surface area contributed by atoms with Crippen LogP contribution in [0.15, 0.2) is 30.3 Å². The molecule has 15 heavy (non-hydrogen) atoms. The van der Waals surface area contributed by atoms with Gasteiger partial charge in [0.25, 0.3) is 0 Å². The smallest absolute Gasteiger partial charge is 0.339 e. The van der Waals surface area contributed by atoms with Crippen molar-refractivity contribution >= 4 is 18.4 Å². The molecule has 0 radical (unpaired) electrons. The minimum atomic E-state index is -0.428. The van der Waals surface area contributed by atoms with E-state index in [1.807, 2.05) is 6.07 Å². The van der Waals surface area contributed by atoms with Crippen LogP contribution in [0.1, 0.15) is 23.2 Å². The quantitative estimate of drug-likeness (QED) is 0.635. The Balaban J connectivity index is 0.00000112. The molecule has 0 amide bonds. The zero-order valence-corrected chi connectivity index (χ0v) is 9.07. The van der Waals surface area contributed by atoms with Crippen molar-refractivity contribution in [3.63, 3.8) is 0 Å². The van der Waals surface area contributed by atoms with Crippen LogP contribution in [0.2, 0.25) is 0 Å². The number of ether oxygens (including phenoxy) is 1. The third-order valence-electron chi connectivity index (χ3n) is 2.34. The Hall–Kier alpha value is -1.06. The van der Waals surface area contributed by atoms with Crippen molar-refractivity contribution in [3.05, 3.63) is 35.9 Å². The predicted octanol–water partition coefficient (Wildman–Crippen LogP) is 1.96. The molecule has 0 bridgehead atoms. The highest BCUT2D eigenvalue weighted by molar-refractivity contribution is 5.89. The summed E-state index contributed by atoms with van der Waals surface area (Å²) in [6, 6.07) is 8.92. The summed E-state index contributed by atoms with van der Waals surface area (Å²) >= 11 is 0. The Bertz CT molecular complexity index is 325. The minimum absolute atomic E-state index is 0. The monoisotopic (exact) mass is 227 g/mol. The molecule has 3 nitrogen and oxygen atoms in total. The molecule has 2 rings (SSSR count). The Labute approximate surface area is 95.0 Å². The summed E-state index contributed by atoms with van der Waals surface area (Å²) in [6.07, 6.45) is 1.72.